The Balaban J connectivity index is 1.86. The number of benzene rings is 1. The highest BCUT2D eigenvalue weighted by atomic mass is 16.2. The zero-order valence-electron chi connectivity index (χ0n) is 16.1. The highest BCUT2D eigenvalue weighted by molar-refractivity contribution is 5.90. The number of rotatable bonds is 6. The lowest BCUT2D eigenvalue weighted by Gasteiger charge is -2.34. The van der Waals surface area contributed by atoms with Gasteiger partial charge in [-0.05, 0) is 37.3 Å². The average Bonchev–Trinajstić information content (AvgIpc) is 2.65. The molecule has 0 radical (unpaired) electrons. The minimum Gasteiger partial charge on any atom is -0.345 e. The van der Waals surface area contributed by atoms with Crippen LogP contribution in [-0.4, -0.2) is 54.5 Å². The Hall–Kier alpha value is -2.08. The summed E-state index contributed by atoms with van der Waals surface area (Å²) in [7, 11) is 1.83. The summed E-state index contributed by atoms with van der Waals surface area (Å²) < 4.78 is 0. The van der Waals surface area contributed by atoms with Crippen molar-refractivity contribution in [3.8, 4) is 0 Å². The molecule has 1 saturated heterocycles. The van der Waals surface area contributed by atoms with Gasteiger partial charge in [-0.25, -0.2) is 4.79 Å². The first kappa shape index (κ1) is 20.2. The molecule has 3 N–H and O–H groups in total. The van der Waals surface area contributed by atoms with Gasteiger partial charge in [-0.2, -0.15) is 0 Å². The predicted molar refractivity (Wildman–Crippen MR) is 105 cm³/mol. The lowest BCUT2D eigenvalue weighted by molar-refractivity contribution is -0.135. The van der Waals surface area contributed by atoms with Crippen LogP contribution in [0.25, 0.3) is 0 Å². The summed E-state index contributed by atoms with van der Waals surface area (Å²) in [4.78, 5) is 28.7. The van der Waals surface area contributed by atoms with E-state index in [0.717, 1.165) is 24.9 Å². The maximum Gasteiger partial charge on any atom is 0.321 e. The Labute approximate surface area is 156 Å². The third-order valence-corrected chi connectivity index (χ3v) is 5.11. The molecule has 2 unspecified atom stereocenters. The molecule has 1 aromatic rings. The van der Waals surface area contributed by atoms with E-state index in [-0.39, 0.29) is 23.9 Å². The van der Waals surface area contributed by atoms with Gasteiger partial charge in [0.1, 0.15) is 0 Å². The van der Waals surface area contributed by atoms with E-state index in [1.165, 1.54) is 0 Å². The molecule has 26 heavy (non-hydrogen) atoms. The first-order valence-electron chi connectivity index (χ1n) is 9.50. The quantitative estimate of drug-likeness (QED) is 0.819. The molecular weight excluding hydrogens is 328 g/mol. The van der Waals surface area contributed by atoms with E-state index < -0.39 is 0 Å². The van der Waals surface area contributed by atoms with Crippen molar-refractivity contribution in [3.63, 3.8) is 0 Å². The van der Waals surface area contributed by atoms with Crippen molar-refractivity contribution >= 4 is 17.6 Å². The molecule has 1 aromatic carbocycles. The number of para-hydroxylation sites is 1. The number of hydrogen-bond acceptors (Lipinski definition) is 3. The molecule has 1 fully saturated rings. The minimum atomic E-state index is -0.141. The van der Waals surface area contributed by atoms with Crippen LogP contribution in [0.1, 0.15) is 33.1 Å². The largest absolute Gasteiger partial charge is 0.345 e. The van der Waals surface area contributed by atoms with Crippen molar-refractivity contribution < 1.29 is 9.59 Å². The van der Waals surface area contributed by atoms with Crippen LogP contribution in [0.2, 0.25) is 0 Å². The zero-order chi connectivity index (χ0) is 19.1. The van der Waals surface area contributed by atoms with Crippen LogP contribution >= 0.6 is 0 Å². The third kappa shape index (κ3) is 5.73. The van der Waals surface area contributed by atoms with Crippen LogP contribution in [0.4, 0.5) is 10.5 Å². The van der Waals surface area contributed by atoms with Crippen molar-refractivity contribution in [1.29, 1.82) is 0 Å². The number of nitrogens with zero attached hydrogens (tertiary/aromatic N) is 2. The molecule has 1 aliphatic heterocycles. The Bertz CT molecular complexity index is 591. The normalized spacial score (nSPS) is 18.5. The van der Waals surface area contributed by atoms with Gasteiger partial charge >= 0.3 is 6.03 Å². The van der Waals surface area contributed by atoms with Gasteiger partial charge in [0.15, 0.2) is 0 Å². The molecule has 0 aliphatic carbocycles. The van der Waals surface area contributed by atoms with Gasteiger partial charge < -0.3 is 20.9 Å². The Morgan fingerprint density at radius 2 is 2.00 bits per heavy atom. The molecular formula is C20H32N4O2. The number of hydrogen-bond donors (Lipinski definition) is 2. The number of anilines is 1. The maximum atomic E-state index is 12.7. The van der Waals surface area contributed by atoms with E-state index in [9.17, 15) is 9.59 Å². The number of nitrogens with one attached hydrogen (secondary N) is 1. The second-order valence-corrected chi connectivity index (χ2v) is 7.54. The fourth-order valence-corrected chi connectivity index (χ4v) is 3.19. The molecule has 0 aromatic heterocycles. The van der Waals surface area contributed by atoms with Crippen LogP contribution in [0.3, 0.4) is 0 Å². The number of carbonyl (C=O) groups is 2. The number of piperidine rings is 1. The number of urea groups is 1. The zero-order valence-corrected chi connectivity index (χ0v) is 16.1. The fraction of sp³-hybridized carbons (Fsp3) is 0.600. The molecule has 1 aliphatic rings. The van der Waals surface area contributed by atoms with Crippen LogP contribution < -0.4 is 11.1 Å². The fourth-order valence-electron chi connectivity index (χ4n) is 3.19. The van der Waals surface area contributed by atoms with Gasteiger partial charge in [0.05, 0.1) is 5.92 Å². The summed E-state index contributed by atoms with van der Waals surface area (Å²) >= 11 is 0. The molecule has 3 amide bonds. The maximum absolute atomic E-state index is 12.7. The first-order valence-corrected chi connectivity index (χ1v) is 9.50. The van der Waals surface area contributed by atoms with Gasteiger partial charge in [-0.1, -0.05) is 32.0 Å². The highest BCUT2D eigenvalue weighted by Crippen LogP contribution is 2.20. The molecule has 6 nitrogen and oxygen atoms in total. The lowest BCUT2D eigenvalue weighted by atomic mass is 9.96. The molecule has 0 spiro atoms. The third-order valence-electron chi connectivity index (χ3n) is 5.11. The molecule has 2 rings (SSSR count). The summed E-state index contributed by atoms with van der Waals surface area (Å²) in [5.41, 5.74) is 6.85. The molecule has 6 heteroatoms. The van der Waals surface area contributed by atoms with Crippen molar-refractivity contribution in [2.45, 2.75) is 39.2 Å². The van der Waals surface area contributed by atoms with E-state index in [1.807, 2.05) is 37.4 Å². The van der Waals surface area contributed by atoms with Crippen molar-refractivity contribution in [2.75, 3.05) is 32.0 Å². The number of nitrogens with two attached hydrogens (primary N) is 1. The lowest BCUT2D eigenvalue weighted by Crippen LogP contribution is -2.47. The minimum absolute atomic E-state index is 0.102. The summed E-state index contributed by atoms with van der Waals surface area (Å²) in [6, 6.07) is 9.35. The first-order chi connectivity index (χ1) is 12.4. The van der Waals surface area contributed by atoms with E-state index in [0.29, 0.717) is 25.6 Å². The Morgan fingerprint density at radius 1 is 1.31 bits per heavy atom. The van der Waals surface area contributed by atoms with Gasteiger partial charge in [-0.15, -0.1) is 0 Å². The summed E-state index contributed by atoms with van der Waals surface area (Å²) in [6.07, 6.45) is 2.47. The van der Waals surface area contributed by atoms with Crippen LogP contribution in [0, 0.1) is 11.8 Å². The van der Waals surface area contributed by atoms with Gasteiger partial charge in [0.25, 0.3) is 0 Å². The molecule has 144 valence electrons. The molecule has 1 heterocycles. The summed E-state index contributed by atoms with van der Waals surface area (Å²) in [5, 5.41) is 2.90. The monoisotopic (exact) mass is 360 g/mol. The van der Waals surface area contributed by atoms with E-state index in [4.69, 9.17) is 5.73 Å². The summed E-state index contributed by atoms with van der Waals surface area (Å²) in [5.74, 6) is 0.383. The van der Waals surface area contributed by atoms with Gasteiger partial charge in [-0.3, -0.25) is 4.79 Å². The predicted octanol–water partition coefficient (Wildman–Crippen LogP) is 2.76. The van der Waals surface area contributed by atoms with Crippen LogP contribution in [0.15, 0.2) is 30.3 Å². The van der Waals surface area contributed by atoms with Gasteiger partial charge in [0.2, 0.25) is 5.91 Å². The van der Waals surface area contributed by atoms with E-state index in [1.54, 1.807) is 9.80 Å². The number of likely N-dealkylation sites (tertiary alicyclic amines) is 1. The SMILES string of the molecule is CC(C)C(N)CCN(C)C(=O)C1CCCN(C(=O)Nc2ccccc2)C1. The second kappa shape index (κ2) is 9.57. The smallest absolute Gasteiger partial charge is 0.321 e. The summed E-state index contributed by atoms with van der Waals surface area (Å²) in [6.45, 7) is 6.00. The number of carbonyl (C=O) groups excluding carboxylic acids is 2. The highest BCUT2D eigenvalue weighted by Gasteiger charge is 2.30. The molecule has 0 saturated carbocycles. The number of amides is 3. The van der Waals surface area contributed by atoms with E-state index in [2.05, 4.69) is 19.2 Å². The van der Waals surface area contributed by atoms with Crippen molar-refractivity contribution in [3.05, 3.63) is 30.3 Å². The standard InChI is InChI=1S/C20H32N4O2/c1-15(2)18(21)11-13-23(3)19(25)16-8-7-12-24(14-16)20(26)22-17-9-5-4-6-10-17/h4-6,9-10,15-16,18H,7-8,11-14,21H2,1-3H3,(H,22,26). The van der Waals surface area contributed by atoms with Crippen LogP contribution in [-0.2, 0) is 4.79 Å². The molecule has 2 atom stereocenters. The Kier molecular flexibility index (Phi) is 7.45. The average molecular weight is 361 g/mol. The van der Waals surface area contributed by atoms with Gasteiger partial charge in [0, 0.05) is 38.4 Å². The second-order valence-electron chi connectivity index (χ2n) is 7.54. The van der Waals surface area contributed by atoms with Crippen molar-refractivity contribution in [1.82, 2.24) is 9.80 Å². The topological polar surface area (TPSA) is 78.7 Å². The Morgan fingerprint density at radius 3 is 2.65 bits per heavy atom. The van der Waals surface area contributed by atoms with Crippen molar-refractivity contribution in [2.24, 2.45) is 17.6 Å². The van der Waals surface area contributed by atoms with Crippen LogP contribution in [0.5, 0.6) is 0 Å². The van der Waals surface area contributed by atoms with E-state index >= 15 is 0 Å². The molecule has 0 bridgehead atoms.